The molecule has 232 valence electrons. The van der Waals surface area contributed by atoms with Gasteiger partial charge in [0.05, 0.1) is 13.7 Å². The third kappa shape index (κ3) is 8.35. The number of ether oxygens (including phenoxy) is 1. The third-order valence-corrected chi connectivity index (χ3v) is 6.68. The van der Waals surface area contributed by atoms with Gasteiger partial charge in [-0.2, -0.15) is 18.2 Å². The molecule has 0 atom stereocenters. The van der Waals surface area contributed by atoms with Gasteiger partial charge in [0.15, 0.2) is 0 Å². The third-order valence-electron chi connectivity index (χ3n) is 6.68. The van der Waals surface area contributed by atoms with Crippen LogP contribution in [-0.4, -0.2) is 69.2 Å². The molecule has 3 heterocycles. The van der Waals surface area contributed by atoms with Crippen LogP contribution in [-0.2, 0) is 6.18 Å². The summed E-state index contributed by atoms with van der Waals surface area (Å²) >= 11 is 0. The Morgan fingerprint density at radius 1 is 1.00 bits per heavy atom. The summed E-state index contributed by atoms with van der Waals surface area (Å²) in [6, 6.07) is 2.00. The molecule has 1 fully saturated rings. The molecule has 2 amide bonds. The number of rotatable bonds is 10. The Labute approximate surface area is 244 Å². The molecule has 3 aromatic heterocycles. The molecule has 1 aliphatic carbocycles. The lowest BCUT2D eigenvalue weighted by Gasteiger charge is -2.36. The number of anilines is 3. The number of carbonyl (C=O) groups is 1. The average molecular weight is 610 g/mol. The summed E-state index contributed by atoms with van der Waals surface area (Å²) in [5.41, 5.74) is 0.381. The number of hydrogen-bond donors (Lipinski definition) is 3. The van der Waals surface area contributed by atoms with Crippen molar-refractivity contribution in [2.45, 2.75) is 70.3 Å². The maximum Gasteiger partial charge on any atom is 0.421 e. The van der Waals surface area contributed by atoms with Gasteiger partial charge in [-0.05, 0) is 51.7 Å². The Hall–Kier alpha value is -4.37. The number of amides is 2. The van der Waals surface area contributed by atoms with Gasteiger partial charge in [0.25, 0.3) is 6.43 Å². The first-order valence-corrected chi connectivity index (χ1v) is 13.6. The lowest BCUT2D eigenvalue weighted by molar-refractivity contribution is -0.137. The van der Waals surface area contributed by atoms with E-state index in [4.69, 9.17) is 4.74 Å². The van der Waals surface area contributed by atoms with E-state index in [0.29, 0.717) is 36.8 Å². The quantitative estimate of drug-likeness (QED) is 0.259. The topological polar surface area (TPSA) is 130 Å². The van der Waals surface area contributed by atoms with Crippen molar-refractivity contribution in [3.05, 3.63) is 42.5 Å². The standard InChI is InChI=1S/C27H32F5N9O2/c1-15(2)38-23-20(27(30,31)32)13-34-24(40-23)39-18-5-7-19(8-6-18)41(26(42)37-14-21(28)29)22-9-4-16(10-33-22)17-11-35-25(43-3)36-12-17/h4,9-13,15,18-19,21H,5-8,14H2,1-3H3,(H,37,42)(H2,34,38,39,40)/t18-,19-. The summed E-state index contributed by atoms with van der Waals surface area (Å²) in [7, 11) is 1.45. The SMILES string of the molecule is COc1ncc(-c2ccc(N(C(=O)NCC(F)F)[C@H]3CC[C@H](Nc4ncc(C(F)(F)F)c(NC(C)C)n4)CC3)nc2)cn1. The molecule has 1 aliphatic rings. The van der Waals surface area contributed by atoms with Gasteiger partial charge in [-0.15, -0.1) is 0 Å². The molecule has 0 unspecified atom stereocenters. The number of nitrogens with one attached hydrogen (secondary N) is 3. The lowest BCUT2D eigenvalue weighted by Crippen LogP contribution is -2.50. The second-order valence-corrected chi connectivity index (χ2v) is 10.2. The van der Waals surface area contributed by atoms with Crippen molar-refractivity contribution in [2.24, 2.45) is 0 Å². The number of aromatic nitrogens is 5. The van der Waals surface area contributed by atoms with Gasteiger partial charge in [0.1, 0.15) is 17.2 Å². The Morgan fingerprint density at radius 3 is 2.23 bits per heavy atom. The van der Waals surface area contributed by atoms with Gasteiger partial charge < -0.3 is 20.7 Å². The maximum atomic E-state index is 13.4. The van der Waals surface area contributed by atoms with Gasteiger partial charge in [0, 0.05) is 54.0 Å². The van der Waals surface area contributed by atoms with Crippen LogP contribution in [0.4, 0.5) is 44.3 Å². The number of pyridine rings is 1. The van der Waals surface area contributed by atoms with Crippen molar-refractivity contribution in [2.75, 3.05) is 29.2 Å². The summed E-state index contributed by atoms with van der Waals surface area (Å²) in [5.74, 6) is 0.00835. The van der Waals surface area contributed by atoms with Gasteiger partial charge in [-0.3, -0.25) is 4.90 Å². The number of methoxy groups -OCH3 is 1. The highest BCUT2D eigenvalue weighted by molar-refractivity contribution is 5.91. The van der Waals surface area contributed by atoms with Crippen LogP contribution in [0.3, 0.4) is 0 Å². The normalized spacial score (nSPS) is 17.1. The van der Waals surface area contributed by atoms with Gasteiger partial charge in [-0.25, -0.2) is 33.5 Å². The molecule has 4 rings (SSSR count). The minimum absolute atomic E-state index is 0.0471. The fourth-order valence-electron chi connectivity index (χ4n) is 4.68. The molecular weight excluding hydrogens is 577 g/mol. The predicted molar refractivity (Wildman–Crippen MR) is 149 cm³/mol. The fraction of sp³-hybridized carbons (Fsp3) is 0.481. The van der Waals surface area contributed by atoms with E-state index < -0.39 is 30.7 Å². The summed E-state index contributed by atoms with van der Waals surface area (Å²) in [6.45, 7) is 2.59. The fourth-order valence-corrected chi connectivity index (χ4v) is 4.68. The van der Waals surface area contributed by atoms with E-state index in [1.165, 1.54) is 18.2 Å². The van der Waals surface area contributed by atoms with Crippen molar-refractivity contribution in [3.63, 3.8) is 0 Å². The molecule has 43 heavy (non-hydrogen) atoms. The van der Waals surface area contributed by atoms with Gasteiger partial charge in [-0.1, -0.05) is 0 Å². The Bertz CT molecular complexity index is 1350. The number of nitrogens with zero attached hydrogens (tertiary/aromatic N) is 6. The van der Waals surface area contributed by atoms with Crippen molar-refractivity contribution < 1.29 is 31.5 Å². The van der Waals surface area contributed by atoms with Crippen LogP contribution >= 0.6 is 0 Å². The Balaban J connectivity index is 1.47. The Kier molecular flexibility index (Phi) is 10.1. The summed E-state index contributed by atoms with van der Waals surface area (Å²) in [5, 5.41) is 8.06. The predicted octanol–water partition coefficient (Wildman–Crippen LogP) is 5.38. The van der Waals surface area contributed by atoms with Crippen molar-refractivity contribution in [1.82, 2.24) is 30.2 Å². The largest absolute Gasteiger partial charge is 0.467 e. The van der Waals surface area contributed by atoms with Crippen LogP contribution in [0.5, 0.6) is 6.01 Å². The summed E-state index contributed by atoms with van der Waals surface area (Å²) < 4.78 is 71.0. The average Bonchev–Trinajstić information content (AvgIpc) is 2.97. The van der Waals surface area contributed by atoms with Crippen LogP contribution in [0.1, 0.15) is 45.1 Å². The number of carbonyl (C=O) groups excluding carboxylic acids is 1. The minimum Gasteiger partial charge on any atom is -0.467 e. The molecule has 0 radical (unpaired) electrons. The van der Waals surface area contributed by atoms with E-state index in [0.717, 1.165) is 6.20 Å². The molecule has 11 nitrogen and oxygen atoms in total. The highest BCUT2D eigenvalue weighted by Gasteiger charge is 2.36. The zero-order chi connectivity index (χ0) is 31.1. The number of urea groups is 1. The monoisotopic (exact) mass is 609 g/mol. The second kappa shape index (κ2) is 13.7. The van der Waals surface area contributed by atoms with E-state index >= 15 is 0 Å². The first-order valence-electron chi connectivity index (χ1n) is 13.6. The van der Waals surface area contributed by atoms with E-state index in [-0.39, 0.29) is 41.7 Å². The van der Waals surface area contributed by atoms with Crippen LogP contribution in [0.25, 0.3) is 11.1 Å². The first kappa shape index (κ1) is 31.6. The zero-order valence-corrected chi connectivity index (χ0v) is 23.7. The minimum atomic E-state index is -4.61. The van der Waals surface area contributed by atoms with Crippen molar-refractivity contribution in [3.8, 4) is 17.1 Å². The zero-order valence-electron chi connectivity index (χ0n) is 23.7. The second-order valence-electron chi connectivity index (χ2n) is 10.2. The molecule has 0 aliphatic heterocycles. The van der Waals surface area contributed by atoms with Crippen LogP contribution in [0.2, 0.25) is 0 Å². The van der Waals surface area contributed by atoms with Gasteiger partial charge >= 0.3 is 18.2 Å². The van der Waals surface area contributed by atoms with Crippen LogP contribution < -0.4 is 25.6 Å². The molecule has 16 heteroatoms. The molecule has 0 spiro atoms. The van der Waals surface area contributed by atoms with E-state index in [1.54, 1.807) is 38.4 Å². The lowest BCUT2D eigenvalue weighted by atomic mass is 9.90. The first-order chi connectivity index (χ1) is 20.4. The van der Waals surface area contributed by atoms with E-state index in [2.05, 4.69) is 40.9 Å². The maximum absolute atomic E-state index is 13.4. The summed E-state index contributed by atoms with van der Waals surface area (Å²) in [4.78, 5) is 34.9. The highest BCUT2D eigenvalue weighted by Crippen LogP contribution is 2.35. The molecular formula is C27H32F5N9O2. The molecule has 3 N–H and O–H groups in total. The van der Waals surface area contributed by atoms with Crippen LogP contribution in [0, 0.1) is 0 Å². The van der Waals surface area contributed by atoms with Crippen molar-refractivity contribution >= 4 is 23.6 Å². The van der Waals surface area contributed by atoms with E-state index in [1.807, 2.05) is 0 Å². The summed E-state index contributed by atoms with van der Waals surface area (Å²) in [6.07, 6.45) is 0.0225. The molecule has 3 aromatic rings. The van der Waals surface area contributed by atoms with Crippen molar-refractivity contribution in [1.29, 1.82) is 0 Å². The molecule has 1 saturated carbocycles. The number of halogens is 5. The number of alkyl halides is 5. The smallest absolute Gasteiger partial charge is 0.421 e. The number of hydrogen-bond acceptors (Lipinski definition) is 9. The van der Waals surface area contributed by atoms with E-state index in [9.17, 15) is 26.7 Å². The molecule has 0 aromatic carbocycles. The van der Waals surface area contributed by atoms with Crippen LogP contribution in [0.15, 0.2) is 36.9 Å². The highest BCUT2D eigenvalue weighted by atomic mass is 19.4. The molecule has 0 bridgehead atoms. The molecule has 0 saturated heterocycles. The Morgan fingerprint density at radius 2 is 1.67 bits per heavy atom. The van der Waals surface area contributed by atoms with Gasteiger partial charge in [0.2, 0.25) is 5.95 Å².